The molecule has 0 amide bonds. The number of allylic oxidation sites excluding steroid dienone is 1. The molecule has 19 heavy (non-hydrogen) atoms. The lowest BCUT2D eigenvalue weighted by molar-refractivity contribution is 0.138. The highest BCUT2D eigenvalue weighted by molar-refractivity contribution is 6.30. The molecule has 0 saturated carbocycles. The van der Waals surface area contributed by atoms with Crippen molar-refractivity contribution in [2.24, 2.45) is 5.41 Å². The molecule has 2 nitrogen and oxygen atoms in total. The van der Waals surface area contributed by atoms with Crippen LogP contribution in [-0.2, 0) is 6.42 Å². The van der Waals surface area contributed by atoms with E-state index in [4.69, 9.17) is 16.3 Å². The van der Waals surface area contributed by atoms with E-state index in [2.05, 4.69) is 13.8 Å². The zero-order valence-corrected chi connectivity index (χ0v) is 12.5. The monoisotopic (exact) mass is 280 g/mol. The zero-order valence-electron chi connectivity index (χ0n) is 11.7. The van der Waals surface area contributed by atoms with E-state index < -0.39 is 0 Å². The molecule has 1 aliphatic rings. The molecular weight excluding hydrogens is 260 g/mol. The van der Waals surface area contributed by atoms with Gasteiger partial charge in [-0.1, -0.05) is 37.1 Å². The Balaban J connectivity index is 2.23. The molecule has 3 heteroatoms. The maximum Gasteiger partial charge on any atom is 0.122 e. The second-order valence-electron chi connectivity index (χ2n) is 6.07. The minimum absolute atomic E-state index is 0.148. The molecular formula is C16H21ClO2. The first-order chi connectivity index (χ1) is 8.89. The zero-order chi connectivity index (χ0) is 14.0. The van der Waals surface area contributed by atoms with Crippen molar-refractivity contribution >= 4 is 11.6 Å². The molecule has 0 radical (unpaired) electrons. The molecule has 1 unspecified atom stereocenters. The maximum absolute atomic E-state index is 9.94. The van der Waals surface area contributed by atoms with Crippen molar-refractivity contribution in [1.82, 2.24) is 0 Å². The Morgan fingerprint density at radius 3 is 2.79 bits per heavy atom. The molecule has 1 N–H and O–H groups in total. The molecule has 0 aromatic heterocycles. The summed E-state index contributed by atoms with van der Waals surface area (Å²) in [5, 5.41) is 10.7. The van der Waals surface area contributed by atoms with Crippen molar-refractivity contribution in [3.05, 3.63) is 40.4 Å². The van der Waals surface area contributed by atoms with Crippen LogP contribution < -0.4 is 4.74 Å². The highest BCUT2D eigenvalue weighted by Gasteiger charge is 2.27. The van der Waals surface area contributed by atoms with E-state index in [-0.39, 0.29) is 11.5 Å². The van der Waals surface area contributed by atoms with Gasteiger partial charge in [0.05, 0.1) is 13.2 Å². The van der Waals surface area contributed by atoms with Crippen LogP contribution in [0.25, 0.3) is 0 Å². The molecule has 0 fully saturated rings. The van der Waals surface area contributed by atoms with E-state index in [0.29, 0.717) is 5.02 Å². The fraction of sp³-hybridized carbons (Fsp3) is 0.500. The van der Waals surface area contributed by atoms with Crippen LogP contribution in [0.3, 0.4) is 0 Å². The Morgan fingerprint density at radius 1 is 1.42 bits per heavy atom. The normalized spacial score (nSPS) is 21.9. The largest absolute Gasteiger partial charge is 0.496 e. The first kappa shape index (κ1) is 14.4. The molecule has 1 atom stereocenters. The van der Waals surface area contributed by atoms with Crippen LogP contribution in [0.15, 0.2) is 29.8 Å². The SMILES string of the molecule is COc1ccc(Cl)cc1CC1=CC(O)CC(C)(C)C1. The smallest absolute Gasteiger partial charge is 0.122 e. The van der Waals surface area contributed by atoms with E-state index in [1.54, 1.807) is 7.11 Å². The molecule has 1 aromatic carbocycles. The number of hydrogen-bond acceptors (Lipinski definition) is 2. The van der Waals surface area contributed by atoms with Crippen molar-refractivity contribution in [3.8, 4) is 5.75 Å². The van der Waals surface area contributed by atoms with Gasteiger partial charge >= 0.3 is 0 Å². The predicted octanol–water partition coefficient (Wildman–Crippen LogP) is 4.00. The topological polar surface area (TPSA) is 29.5 Å². The number of ether oxygens (including phenoxy) is 1. The van der Waals surface area contributed by atoms with Gasteiger partial charge in [-0.3, -0.25) is 0 Å². The summed E-state index contributed by atoms with van der Waals surface area (Å²) in [5.74, 6) is 0.850. The number of hydrogen-bond donors (Lipinski definition) is 1. The lowest BCUT2D eigenvalue weighted by Gasteiger charge is -2.32. The summed E-state index contributed by atoms with van der Waals surface area (Å²) in [5.41, 5.74) is 2.48. The summed E-state index contributed by atoms with van der Waals surface area (Å²) in [6, 6.07) is 5.66. The van der Waals surface area contributed by atoms with Crippen LogP contribution in [0.5, 0.6) is 5.75 Å². The Labute approximate surface area is 120 Å². The number of halogens is 1. The fourth-order valence-electron chi connectivity index (χ4n) is 2.89. The third kappa shape index (κ3) is 3.74. The van der Waals surface area contributed by atoms with Crippen LogP contribution in [-0.4, -0.2) is 18.3 Å². The quantitative estimate of drug-likeness (QED) is 0.848. The predicted molar refractivity (Wildman–Crippen MR) is 78.8 cm³/mol. The van der Waals surface area contributed by atoms with Gasteiger partial charge in [0.25, 0.3) is 0 Å². The van der Waals surface area contributed by atoms with Gasteiger partial charge in [0.2, 0.25) is 0 Å². The van der Waals surface area contributed by atoms with Crippen molar-refractivity contribution in [2.45, 2.75) is 39.2 Å². The summed E-state index contributed by atoms with van der Waals surface area (Å²) in [7, 11) is 1.67. The average molecular weight is 281 g/mol. The van der Waals surface area contributed by atoms with Gasteiger partial charge in [0.15, 0.2) is 0 Å². The molecule has 0 spiro atoms. The summed E-state index contributed by atoms with van der Waals surface area (Å²) in [4.78, 5) is 0. The third-order valence-corrected chi connectivity index (χ3v) is 3.79. The Morgan fingerprint density at radius 2 is 2.16 bits per heavy atom. The highest BCUT2D eigenvalue weighted by atomic mass is 35.5. The molecule has 2 rings (SSSR count). The lowest BCUT2D eigenvalue weighted by Crippen LogP contribution is -2.25. The van der Waals surface area contributed by atoms with Crippen LogP contribution in [0.4, 0.5) is 0 Å². The van der Waals surface area contributed by atoms with Crippen molar-refractivity contribution in [2.75, 3.05) is 7.11 Å². The first-order valence-corrected chi connectivity index (χ1v) is 6.97. The van der Waals surface area contributed by atoms with E-state index >= 15 is 0 Å². The van der Waals surface area contributed by atoms with Crippen LogP contribution in [0, 0.1) is 5.41 Å². The molecule has 1 aliphatic carbocycles. The first-order valence-electron chi connectivity index (χ1n) is 6.60. The number of rotatable bonds is 3. The fourth-order valence-corrected chi connectivity index (χ4v) is 3.09. The standard InChI is InChI=1S/C16H21ClO2/c1-16(2)9-11(7-14(18)10-16)6-12-8-13(17)4-5-15(12)19-3/h4-5,7-8,14,18H,6,9-10H2,1-3H3. The second kappa shape index (κ2) is 5.56. The van der Waals surface area contributed by atoms with Crippen molar-refractivity contribution in [1.29, 1.82) is 0 Å². The Bertz CT molecular complexity index is 492. The van der Waals surface area contributed by atoms with Gasteiger partial charge < -0.3 is 9.84 Å². The number of benzene rings is 1. The van der Waals surface area contributed by atoms with Gasteiger partial charge in [0, 0.05) is 5.02 Å². The lowest BCUT2D eigenvalue weighted by atomic mass is 9.75. The third-order valence-electron chi connectivity index (χ3n) is 3.56. The molecule has 0 heterocycles. The highest BCUT2D eigenvalue weighted by Crippen LogP contribution is 2.37. The molecule has 0 aliphatic heterocycles. The molecule has 1 aromatic rings. The summed E-state index contributed by atoms with van der Waals surface area (Å²) >= 11 is 6.05. The number of aliphatic hydroxyl groups is 1. The van der Waals surface area contributed by atoms with E-state index in [1.807, 2.05) is 24.3 Å². The molecule has 0 bridgehead atoms. The summed E-state index contributed by atoms with van der Waals surface area (Å²) in [6.45, 7) is 4.39. The molecule has 104 valence electrons. The van der Waals surface area contributed by atoms with Crippen molar-refractivity contribution < 1.29 is 9.84 Å². The molecule has 0 saturated heterocycles. The summed E-state index contributed by atoms with van der Waals surface area (Å²) in [6.07, 6.45) is 4.24. The van der Waals surface area contributed by atoms with E-state index in [1.165, 1.54) is 5.57 Å². The van der Waals surface area contributed by atoms with Gasteiger partial charge in [-0.2, -0.15) is 0 Å². The maximum atomic E-state index is 9.94. The van der Waals surface area contributed by atoms with Crippen LogP contribution in [0.1, 0.15) is 32.3 Å². The summed E-state index contributed by atoms with van der Waals surface area (Å²) < 4.78 is 5.37. The van der Waals surface area contributed by atoms with Crippen LogP contribution >= 0.6 is 11.6 Å². The number of methoxy groups -OCH3 is 1. The average Bonchev–Trinajstić information content (AvgIpc) is 2.26. The number of aliphatic hydroxyl groups excluding tert-OH is 1. The van der Waals surface area contributed by atoms with Gasteiger partial charge in [-0.25, -0.2) is 0 Å². The van der Waals surface area contributed by atoms with Gasteiger partial charge in [0.1, 0.15) is 5.75 Å². The minimum Gasteiger partial charge on any atom is -0.496 e. The Kier molecular flexibility index (Phi) is 4.22. The minimum atomic E-state index is -0.344. The van der Waals surface area contributed by atoms with Crippen LogP contribution in [0.2, 0.25) is 5.02 Å². The second-order valence-corrected chi connectivity index (χ2v) is 6.51. The van der Waals surface area contributed by atoms with Crippen molar-refractivity contribution in [3.63, 3.8) is 0 Å². The van der Waals surface area contributed by atoms with E-state index in [9.17, 15) is 5.11 Å². The van der Waals surface area contributed by atoms with E-state index in [0.717, 1.165) is 30.6 Å². The van der Waals surface area contributed by atoms with Gasteiger partial charge in [-0.15, -0.1) is 0 Å². The van der Waals surface area contributed by atoms with Gasteiger partial charge in [-0.05, 0) is 48.4 Å². The Hall–Kier alpha value is -0.990.